The molecule has 42 heavy (non-hydrogen) atoms. The Kier molecular flexibility index (Phi) is 8.79. The van der Waals surface area contributed by atoms with Gasteiger partial charge in [-0.3, -0.25) is 14.4 Å². The number of Topliss-reactive ketones (excluding diaryl/α,β-unsaturated/α-hetero) is 2. The van der Waals surface area contributed by atoms with Crippen LogP contribution < -0.4 is 10.1 Å². The van der Waals surface area contributed by atoms with Gasteiger partial charge in [-0.15, -0.1) is 0 Å². The van der Waals surface area contributed by atoms with Crippen molar-refractivity contribution >= 4 is 17.3 Å². The lowest BCUT2D eigenvalue weighted by Gasteiger charge is -2.47. The lowest BCUT2D eigenvalue weighted by atomic mass is 9.74. The maximum atomic E-state index is 13.7. The normalized spacial score (nSPS) is 29.0. The molecule has 1 aliphatic heterocycles. The molecule has 1 unspecified atom stereocenters. The van der Waals surface area contributed by atoms with E-state index >= 15 is 0 Å². The second kappa shape index (κ2) is 11.7. The summed E-state index contributed by atoms with van der Waals surface area (Å²) in [4.78, 5) is 38.8. The Labute approximate surface area is 242 Å². The zero-order valence-corrected chi connectivity index (χ0v) is 24.1. The first-order valence-electron chi connectivity index (χ1n) is 13.6. The number of aliphatic hydroxyl groups is 3. The number of hydrogen-bond donors (Lipinski definition) is 6. The number of hydrogen-bond acceptors (Lipinski definition) is 12. The summed E-state index contributed by atoms with van der Waals surface area (Å²) in [5.74, 6) is -3.16. The molecule has 0 saturated carbocycles. The summed E-state index contributed by atoms with van der Waals surface area (Å²) in [7, 11) is 3.02. The summed E-state index contributed by atoms with van der Waals surface area (Å²) in [6.07, 6.45) is -4.50. The van der Waals surface area contributed by atoms with Crippen molar-refractivity contribution in [1.29, 1.82) is 0 Å². The molecule has 1 heterocycles. The second-order valence-corrected chi connectivity index (χ2v) is 11.2. The number of carbonyl (C=O) groups excluding carboxylic acids is 3. The Balaban J connectivity index is 1.83. The Morgan fingerprint density at radius 1 is 1.17 bits per heavy atom. The number of phenolic OH excluding ortho intramolecular Hbond substituents is 2. The number of fused-ring (bicyclic) bond motifs is 1. The lowest BCUT2D eigenvalue weighted by molar-refractivity contribution is -0.262. The average molecular weight is 588 g/mol. The summed E-state index contributed by atoms with van der Waals surface area (Å²) in [6.45, 7) is 3.69. The molecule has 2 aromatic rings. The minimum absolute atomic E-state index is 0.0203. The van der Waals surface area contributed by atoms with Crippen LogP contribution in [0.3, 0.4) is 0 Å². The summed E-state index contributed by atoms with van der Waals surface area (Å²) >= 11 is 0. The van der Waals surface area contributed by atoms with Gasteiger partial charge in [-0.25, -0.2) is 0 Å². The van der Waals surface area contributed by atoms with Crippen LogP contribution in [0.1, 0.15) is 77.1 Å². The molecular formula is C30H37NO11. The zero-order valence-electron chi connectivity index (χ0n) is 24.1. The van der Waals surface area contributed by atoms with Crippen molar-refractivity contribution in [3.05, 3.63) is 52.1 Å². The number of ketones is 3. The van der Waals surface area contributed by atoms with Crippen LogP contribution in [-0.2, 0) is 20.7 Å². The second-order valence-electron chi connectivity index (χ2n) is 11.2. The van der Waals surface area contributed by atoms with Crippen LogP contribution in [0.25, 0.3) is 0 Å². The van der Waals surface area contributed by atoms with Crippen molar-refractivity contribution in [2.75, 3.05) is 20.8 Å². The molecule has 0 aromatic heterocycles. The predicted molar refractivity (Wildman–Crippen MR) is 148 cm³/mol. The Bertz CT molecular complexity index is 1410. The van der Waals surface area contributed by atoms with Crippen LogP contribution in [0.4, 0.5) is 0 Å². The van der Waals surface area contributed by atoms with Gasteiger partial charge in [-0.2, -0.15) is 0 Å². The van der Waals surface area contributed by atoms with Gasteiger partial charge in [-0.1, -0.05) is 12.1 Å². The molecule has 1 aliphatic carbocycles. The highest BCUT2D eigenvalue weighted by Crippen LogP contribution is 2.49. The molecule has 2 aromatic carbocycles. The first kappa shape index (κ1) is 31.5. The number of carbonyl (C=O) groups is 3. The fourth-order valence-electron chi connectivity index (χ4n) is 5.95. The number of benzene rings is 2. The van der Waals surface area contributed by atoms with Crippen LogP contribution in [-0.4, -0.2) is 93.3 Å². The number of methoxy groups -OCH3 is 1. The molecule has 6 N–H and O–H groups in total. The third-order valence-corrected chi connectivity index (χ3v) is 8.43. The van der Waals surface area contributed by atoms with Gasteiger partial charge in [0, 0.05) is 41.5 Å². The van der Waals surface area contributed by atoms with Crippen molar-refractivity contribution in [1.82, 2.24) is 5.32 Å². The zero-order chi connectivity index (χ0) is 31.1. The predicted octanol–water partition coefficient (Wildman–Crippen LogP) is 1.31. The molecule has 0 amide bonds. The third-order valence-electron chi connectivity index (χ3n) is 8.43. The standard InChI is InChI=1S/C30H37NO11/c1-14(33)24-16(7-6-8-20(24)40-5)26(36)17-9-19(34)25-18(27(17)37)10-30(39,22(35)13-32)11-21(25)42-23-12-29(3,31-4)28(38)15(2)41-23/h6-9,15,21,23,28,31-32,34,37-39H,10-13H2,1-5H3/t15?,21-,23-,28-,29+,30-/m0/s1. The summed E-state index contributed by atoms with van der Waals surface area (Å²) < 4.78 is 17.3. The lowest BCUT2D eigenvalue weighted by Crippen LogP contribution is -2.61. The molecule has 0 radical (unpaired) electrons. The molecule has 228 valence electrons. The van der Waals surface area contributed by atoms with Gasteiger partial charge < -0.3 is 45.1 Å². The monoisotopic (exact) mass is 587 g/mol. The van der Waals surface area contributed by atoms with Gasteiger partial charge in [-0.05, 0) is 40.0 Å². The molecule has 2 aliphatic rings. The van der Waals surface area contributed by atoms with E-state index < -0.39 is 84.0 Å². The molecule has 12 nitrogen and oxygen atoms in total. The van der Waals surface area contributed by atoms with Crippen molar-refractivity contribution in [2.45, 2.75) is 75.8 Å². The molecular weight excluding hydrogens is 550 g/mol. The number of phenols is 2. The van der Waals surface area contributed by atoms with E-state index in [2.05, 4.69) is 5.32 Å². The number of aromatic hydroxyl groups is 2. The van der Waals surface area contributed by atoms with Gasteiger partial charge in [0.1, 0.15) is 29.5 Å². The minimum atomic E-state index is -2.22. The van der Waals surface area contributed by atoms with Crippen molar-refractivity contribution in [2.24, 2.45) is 0 Å². The van der Waals surface area contributed by atoms with Crippen LogP contribution in [0, 0.1) is 0 Å². The fraction of sp³-hybridized carbons (Fsp3) is 0.500. The number of ether oxygens (including phenoxy) is 3. The van der Waals surface area contributed by atoms with Crippen LogP contribution >= 0.6 is 0 Å². The topological polar surface area (TPSA) is 192 Å². The van der Waals surface area contributed by atoms with Gasteiger partial charge in [0.2, 0.25) is 0 Å². The smallest absolute Gasteiger partial charge is 0.197 e. The number of aliphatic hydroxyl groups excluding tert-OH is 2. The third kappa shape index (κ3) is 5.41. The molecule has 1 fully saturated rings. The van der Waals surface area contributed by atoms with Gasteiger partial charge >= 0.3 is 0 Å². The quantitative estimate of drug-likeness (QED) is 0.182. The highest BCUT2D eigenvalue weighted by Gasteiger charge is 2.49. The van der Waals surface area contributed by atoms with E-state index in [-0.39, 0.29) is 40.0 Å². The minimum Gasteiger partial charge on any atom is -0.508 e. The van der Waals surface area contributed by atoms with Gasteiger partial charge in [0.15, 0.2) is 23.6 Å². The largest absolute Gasteiger partial charge is 0.508 e. The molecule has 1 saturated heterocycles. The highest BCUT2D eigenvalue weighted by molar-refractivity contribution is 6.17. The Hall–Kier alpha value is -3.39. The number of likely N-dealkylation sites (N-methyl/N-ethyl adjacent to an activating group) is 1. The number of rotatable bonds is 9. The Morgan fingerprint density at radius 3 is 2.45 bits per heavy atom. The van der Waals surface area contributed by atoms with Gasteiger partial charge in [0.05, 0.1) is 36.5 Å². The summed E-state index contributed by atoms with van der Waals surface area (Å²) in [6, 6.07) is 5.42. The van der Waals surface area contributed by atoms with Gasteiger partial charge in [0.25, 0.3) is 0 Å². The summed E-state index contributed by atoms with van der Waals surface area (Å²) in [5, 5.41) is 57.2. The van der Waals surface area contributed by atoms with Crippen molar-refractivity contribution < 1.29 is 54.1 Å². The molecule has 12 heteroatoms. The first-order chi connectivity index (χ1) is 19.7. The summed E-state index contributed by atoms with van der Waals surface area (Å²) in [5.41, 5.74) is -3.62. The Morgan fingerprint density at radius 2 is 1.86 bits per heavy atom. The van der Waals surface area contributed by atoms with E-state index in [0.717, 1.165) is 6.07 Å². The van der Waals surface area contributed by atoms with E-state index in [1.807, 2.05) is 0 Å². The van der Waals surface area contributed by atoms with E-state index in [9.17, 15) is 39.9 Å². The van der Waals surface area contributed by atoms with Crippen molar-refractivity contribution in [3.8, 4) is 17.2 Å². The maximum Gasteiger partial charge on any atom is 0.197 e. The van der Waals surface area contributed by atoms with E-state index in [0.29, 0.717) is 0 Å². The SMILES string of the molecule is CN[C@]1(C)C[C@H](O[C@H]2C[C@](O)(C(=O)CO)Cc3c(O)c(C(=O)c4cccc(OC)c4C(C)=O)cc(O)c32)OC(C)[C@@H]1O. The van der Waals surface area contributed by atoms with Crippen LogP contribution in [0.5, 0.6) is 17.2 Å². The van der Waals surface area contributed by atoms with E-state index in [1.54, 1.807) is 20.9 Å². The fourth-order valence-corrected chi connectivity index (χ4v) is 5.95. The highest BCUT2D eigenvalue weighted by atomic mass is 16.7. The van der Waals surface area contributed by atoms with Crippen LogP contribution in [0.2, 0.25) is 0 Å². The number of nitrogens with one attached hydrogen (secondary N) is 1. The molecule has 6 atom stereocenters. The average Bonchev–Trinajstić information content (AvgIpc) is 2.95. The molecule has 4 rings (SSSR count). The van der Waals surface area contributed by atoms with E-state index in [1.165, 1.54) is 32.2 Å². The van der Waals surface area contributed by atoms with E-state index in [4.69, 9.17) is 14.2 Å². The van der Waals surface area contributed by atoms with Crippen molar-refractivity contribution in [3.63, 3.8) is 0 Å². The van der Waals surface area contributed by atoms with Crippen LogP contribution in [0.15, 0.2) is 24.3 Å². The first-order valence-corrected chi connectivity index (χ1v) is 13.6. The molecule has 0 bridgehead atoms. The maximum absolute atomic E-state index is 13.7. The molecule has 0 spiro atoms.